The number of ether oxygens (including phenoxy) is 1. The minimum absolute atomic E-state index is 0.179. The molecule has 5 nitrogen and oxygen atoms in total. The molecule has 28 heavy (non-hydrogen) atoms. The summed E-state index contributed by atoms with van der Waals surface area (Å²) >= 11 is 0. The van der Waals surface area contributed by atoms with E-state index in [1.165, 1.54) is 12.3 Å². The van der Waals surface area contributed by atoms with Crippen LogP contribution in [-0.4, -0.2) is 24.5 Å². The third-order valence-electron chi connectivity index (χ3n) is 4.30. The molecule has 2 aromatic carbocycles. The average molecular weight is 379 g/mol. The summed E-state index contributed by atoms with van der Waals surface area (Å²) in [5.41, 5.74) is 2.16. The Morgan fingerprint density at radius 1 is 1.07 bits per heavy atom. The first-order valence-electron chi connectivity index (χ1n) is 9.00. The molecule has 1 amide bonds. The van der Waals surface area contributed by atoms with Crippen molar-refractivity contribution in [3.8, 4) is 5.75 Å². The number of nitrogens with zero attached hydrogens (tertiary/aromatic N) is 1. The summed E-state index contributed by atoms with van der Waals surface area (Å²) in [7, 11) is 1.63. The first-order chi connectivity index (χ1) is 13.7. The molecule has 1 heterocycles. The molecular weight excluding hydrogens is 357 g/mol. The Balaban J connectivity index is 1.47. The highest BCUT2D eigenvalue weighted by Crippen LogP contribution is 2.12. The van der Waals surface area contributed by atoms with E-state index in [2.05, 4.69) is 15.6 Å². The van der Waals surface area contributed by atoms with Gasteiger partial charge in [-0.15, -0.1) is 0 Å². The quantitative estimate of drug-likeness (QED) is 0.625. The lowest BCUT2D eigenvalue weighted by Crippen LogP contribution is -2.25. The number of benzene rings is 2. The number of carbonyl (C=O) groups excluding carboxylic acids is 1. The first-order valence-corrected chi connectivity index (χ1v) is 9.00. The highest BCUT2D eigenvalue weighted by Gasteiger charge is 2.06. The van der Waals surface area contributed by atoms with E-state index in [0.29, 0.717) is 30.0 Å². The molecule has 144 valence electrons. The van der Waals surface area contributed by atoms with Gasteiger partial charge in [-0.1, -0.05) is 30.3 Å². The summed E-state index contributed by atoms with van der Waals surface area (Å²) in [4.78, 5) is 16.5. The second-order valence-electron chi connectivity index (χ2n) is 6.23. The van der Waals surface area contributed by atoms with Crippen molar-refractivity contribution in [3.63, 3.8) is 0 Å². The van der Waals surface area contributed by atoms with Crippen molar-refractivity contribution in [3.05, 3.63) is 89.4 Å². The highest BCUT2D eigenvalue weighted by molar-refractivity contribution is 5.94. The SMILES string of the molecule is COc1ccc(CCNC(=O)c2ccc(NCc3ccccc3F)nc2)cc1. The Morgan fingerprint density at radius 3 is 2.54 bits per heavy atom. The Kier molecular flexibility index (Phi) is 6.57. The molecule has 3 rings (SSSR count). The van der Waals surface area contributed by atoms with Crippen molar-refractivity contribution >= 4 is 11.7 Å². The molecule has 2 N–H and O–H groups in total. The smallest absolute Gasteiger partial charge is 0.252 e. The van der Waals surface area contributed by atoms with Crippen molar-refractivity contribution in [2.75, 3.05) is 19.0 Å². The Morgan fingerprint density at radius 2 is 1.86 bits per heavy atom. The van der Waals surface area contributed by atoms with Gasteiger partial charge in [0, 0.05) is 24.8 Å². The second kappa shape index (κ2) is 9.50. The van der Waals surface area contributed by atoms with Gasteiger partial charge in [0.2, 0.25) is 0 Å². The fraction of sp³-hybridized carbons (Fsp3) is 0.182. The van der Waals surface area contributed by atoms with Crippen LogP contribution in [0, 0.1) is 5.82 Å². The predicted octanol–water partition coefficient (Wildman–Crippen LogP) is 3.81. The van der Waals surface area contributed by atoms with Crippen molar-refractivity contribution in [2.45, 2.75) is 13.0 Å². The number of anilines is 1. The molecule has 0 radical (unpaired) electrons. The molecule has 0 aliphatic carbocycles. The van der Waals surface area contributed by atoms with Crippen molar-refractivity contribution in [1.29, 1.82) is 0 Å². The van der Waals surface area contributed by atoms with Gasteiger partial charge >= 0.3 is 0 Å². The minimum Gasteiger partial charge on any atom is -0.497 e. The predicted molar refractivity (Wildman–Crippen MR) is 107 cm³/mol. The largest absolute Gasteiger partial charge is 0.497 e. The average Bonchev–Trinajstić information content (AvgIpc) is 2.74. The van der Waals surface area contributed by atoms with Crippen molar-refractivity contribution in [1.82, 2.24) is 10.3 Å². The Labute approximate surface area is 163 Å². The van der Waals surface area contributed by atoms with E-state index in [1.807, 2.05) is 24.3 Å². The van der Waals surface area contributed by atoms with Crippen LogP contribution in [0.15, 0.2) is 66.9 Å². The fourth-order valence-electron chi connectivity index (χ4n) is 2.67. The molecule has 6 heteroatoms. The lowest BCUT2D eigenvalue weighted by Gasteiger charge is -2.08. The normalized spacial score (nSPS) is 10.4. The molecule has 0 aliphatic rings. The number of methoxy groups -OCH3 is 1. The van der Waals surface area contributed by atoms with E-state index in [4.69, 9.17) is 4.74 Å². The van der Waals surface area contributed by atoms with Crippen LogP contribution in [0.2, 0.25) is 0 Å². The third-order valence-corrected chi connectivity index (χ3v) is 4.30. The summed E-state index contributed by atoms with van der Waals surface area (Å²) < 4.78 is 18.7. The summed E-state index contributed by atoms with van der Waals surface area (Å²) in [6.45, 7) is 0.853. The van der Waals surface area contributed by atoms with E-state index in [0.717, 1.165) is 17.7 Å². The monoisotopic (exact) mass is 379 g/mol. The Bertz CT molecular complexity index is 912. The molecular formula is C22H22FN3O2. The van der Waals surface area contributed by atoms with E-state index in [1.54, 1.807) is 37.4 Å². The van der Waals surface area contributed by atoms with Crippen LogP contribution in [0.4, 0.5) is 10.2 Å². The Hall–Kier alpha value is -3.41. The maximum atomic E-state index is 13.6. The second-order valence-corrected chi connectivity index (χ2v) is 6.23. The summed E-state index contributed by atoms with van der Waals surface area (Å²) in [5, 5.41) is 5.93. The van der Waals surface area contributed by atoms with Gasteiger partial charge in [-0.25, -0.2) is 9.37 Å². The lowest BCUT2D eigenvalue weighted by atomic mass is 10.1. The van der Waals surface area contributed by atoms with E-state index >= 15 is 0 Å². The topological polar surface area (TPSA) is 63.2 Å². The molecule has 0 saturated carbocycles. The van der Waals surface area contributed by atoms with Gasteiger partial charge in [-0.05, 0) is 42.3 Å². The van der Waals surface area contributed by atoms with Crippen LogP contribution in [0.5, 0.6) is 5.75 Å². The summed E-state index contributed by atoms with van der Waals surface area (Å²) in [5.74, 6) is 0.949. The van der Waals surface area contributed by atoms with Gasteiger partial charge in [0.1, 0.15) is 17.4 Å². The molecule has 0 bridgehead atoms. The van der Waals surface area contributed by atoms with Crippen LogP contribution in [-0.2, 0) is 13.0 Å². The maximum absolute atomic E-state index is 13.6. The lowest BCUT2D eigenvalue weighted by molar-refractivity contribution is 0.0954. The van der Waals surface area contributed by atoms with Crippen LogP contribution >= 0.6 is 0 Å². The molecule has 0 saturated heterocycles. The summed E-state index contributed by atoms with van der Waals surface area (Å²) in [6.07, 6.45) is 2.23. The van der Waals surface area contributed by atoms with E-state index in [-0.39, 0.29) is 11.7 Å². The van der Waals surface area contributed by atoms with Gasteiger partial charge in [0.05, 0.1) is 12.7 Å². The van der Waals surface area contributed by atoms with Gasteiger partial charge < -0.3 is 15.4 Å². The molecule has 0 atom stereocenters. The third kappa shape index (κ3) is 5.30. The van der Waals surface area contributed by atoms with Crippen LogP contribution in [0.25, 0.3) is 0 Å². The minimum atomic E-state index is -0.261. The number of carbonyl (C=O) groups is 1. The van der Waals surface area contributed by atoms with Gasteiger partial charge in [0.25, 0.3) is 5.91 Å². The van der Waals surface area contributed by atoms with Crippen molar-refractivity contribution in [2.24, 2.45) is 0 Å². The van der Waals surface area contributed by atoms with Crippen LogP contribution in [0.3, 0.4) is 0 Å². The van der Waals surface area contributed by atoms with Gasteiger partial charge in [-0.3, -0.25) is 4.79 Å². The fourth-order valence-corrected chi connectivity index (χ4v) is 2.67. The zero-order valence-corrected chi connectivity index (χ0v) is 15.6. The maximum Gasteiger partial charge on any atom is 0.252 e. The molecule has 0 fully saturated rings. The molecule has 3 aromatic rings. The van der Waals surface area contributed by atoms with E-state index < -0.39 is 0 Å². The van der Waals surface area contributed by atoms with Crippen LogP contribution < -0.4 is 15.4 Å². The number of nitrogens with one attached hydrogen (secondary N) is 2. The first kappa shape index (κ1) is 19.4. The molecule has 1 aromatic heterocycles. The number of halogens is 1. The molecule has 0 unspecified atom stereocenters. The molecule has 0 spiro atoms. The number of pyridine rings is 1. The zero-order chi connectivity index (χ0) is 19.8. The zero-order valence-electron chi connectivity index (χ0n) is 15.6. The van der Waals surface area contributed by atoms with E-state index in [9.17, 15) is 9.18 Å². The number of hydrogen-bond acceptors (Lipinski definition) is 4. The number of rotatable bonds is 8. The summed E-state index contributed by atoms with van der Waals surface area (Å²) in [6, 6.07) is 17.7. The van der Waals surface area contributed by atoms with Gasteiger partial charge in [0.15, 0.2) is 0 Å². The van der Waals surface area contributed by atoms with Crippen molar-refractivity contribution < 1.29 is 13.9 Å². The molecule has 0 aliphatic heterocycles. The number of hydrogen-bond donors (Lipinski definition) is 2. The number of aromatic nitrogens is 1. The van der Waals surface area contributed by atoms with Gasteiger partial charge in [-0.2, -0.15) is 0 Å². The number of amides is 1. The standard InChI is InChI=1S/C22H22FN3O2/c1-28-19-9-6-16(7-10-19)12-13-24-22(27)18-8-11-21(26-15-18)25-14-17-4-2-3-5-20(17)23/h2-11,15H,12-14H2,1H3,(H,24,27)(H,25,26). The highest BCUT2D eigenvalue weighted by atomic mass is 19.1. The van der Waals surface area contributed by atoms with Crippen LogP contribution in [0.1, 0.15) is 21.5 Å².